The van der Waals surface area contributed by atoms with Gasteiger partial charge in [-0.3, -0.25) is 10.1 Å². The fourth-order valence-electron chi connectivity index (χ4n) is 2.62. The molecule has 3 aromatic carbocycles. The van der Waals surface area contributed by atoms with Crippen LogP contribution in [0.2, 0.25) is 10.0 Å². The van der Waals surface area contributed by atoms with Crippen LogP contribution in [0.5, 0.6) is 11.5 Å². The van der Waals surface area contributed by atoms with Crippen LogP contribution in [0.15, 0.2) is 66.7 Å². The van der Waals surface area contributed by atoms with E-state index in [1.54, 1.807) is 61.7 Å². The van der Waals surface area contributed by atoms with Gasteiger partial charge in [-0.2, -0.15) is 0 Å². The van der Waals surface area contributed by atoms with Crippen LogP contribution in [-0.2, 0) is 6.61 Å². The summed E-state index contributed by atoms with van der Waals surface area (Å²) in [5.41, 5.74) is 1.67. The molecule has 0 bridgehead atoms. The van der Waals surface area contributed by atoms with E-state index in [1.807, 2.05) is 12.1 Å². The Balaban J connectivity index is 1.65. The molecule has 0 heterocycles. The molecule has 2 N–H and O–H groups in total. The molecule has 1 amide bonds. The van der Waals surface area contributed by atoms with Crippen LogP contribution in [0.25, 0.3) is 0 Å². The number of ether oxygens (including phenoxy) is 2. The number of anilines is 1. The number of nitrogens with one attached hydrogen (secondary N) is 2. The molecular formula is C22H18Cl2N2O3S. The number of hydrogen-bond acceptors (Lipinski definition) is 4. The smallest absolute Gasteiger partial charge is 0.257 e. The SMILES string of the molecule is COc1ccc(OCc2ccccc2C(=O)NC(=S)Nc2cc(Cl)ccc2Cl)cc1. The summed E-state index contributed by atoms with van der Waals surface area (Å²) in [5, 5.41) is 6.57. The molecular weight excluding hydrogens is 443 g/mol. The van der Waals surface area contributed by atoms with Gasteiger partial charge in [0.1, 0.15) is 18.1 Å². The van der Waals surface area contributed by atoms with Crippen molar-refractivity contribution in [1.29, 1.82) is 0 Å². The van der Waals surface area contributed by atoms with Crippen molar-refractivity contribution in [2.75, 3.05) is 12.4 Å². The Morgan fingerprint density at radius 1 is 1.00 bits per heavy atom. The minimum absolute atomic E-state index is 0.107. The van der Waals surface area contributed by atoms with Gasteiger partial charge in [-0.05, 0) is 60.7 Å². The van der Waals surface area contributed by atoms with Gasteiger partial charge in [0.05, 0.1) is 17.8 Å². The minimum Gasteiger partial charge on any atom is -0.497 e. The summed E-state index contributed by atoms with van der Waals surface area (Å²) in [4.78, 5) is 12.7. The summed E-state index contributed by atoms with van der Waals surface area (Å²) >= 11 is 17.3. The number of rotatable bonds is 6. The molecule has 30 heavy (non-hydrogen) atoms. The maximum absolute atomic E-state index is 12.7. The first-order chi connectivity index (χ1) is 14.5. The van der Waals surface area contributed by atoms with Gasteiger partial charge >= 0.3 is 0 Å². The number of carbonyl (C=O) groups excluding carboxylic acids is 1. The van der Waals surface area contributed by atoms with Crippen LogP contribution in [0.4, 0.5) is 5.69 Å². The molecule has 8 heteroatoms. The van der Waals surface area contributed by atoms with E-state index < -0.39 is 0 Å². The Labute approximate surface area is 189 Å². The molecule has 0 atom stereocenters. The van der Waals surface area contributed by atoms with Crippen molar-refractivity contribution in [3.05, 3.63) is 87.9 Å². The zero-order chi connectivity index (χ0) is 21.5. The molecule has 0 unspecified atom stereocenters. The number of halogens is 2. The van der Waals surface area contributed by atoms with Gasteiger partial charge in [-0.15, -0.1) is 0 Å². The van der Waals surface area contributed by atoms with Crippen LogP contribution in [-0.4, -0.2) is 18.1 Å². The van der Waals surface area contributed by atoms with E-state index in [4.69, 9.17) is 44.9 Å². The standard InChI is InChI=1S/C22H18Cl2N2O3S/c1-28-16-7-9-17(10-8-16)29-13-14-4-2-3-5-18(14)21(27)26-22(30)25-20-12-15(23)6-11-19(20)24/h2-12H,13H2,1H3,(H2,25,26,27,30). The molecule has 0 aromatic heterocycles. The highest BCUT2D eigenvalue weighted by molar-refractivity contribution is 7.80. The van der Waals surface area contributed by atoms with E-state index in [0.717, 1.165) is 11.3 Å². The molecule has 3 aromatic rings. The second-order valence-corrected chi connectivity index (χ2v) is 7.41. The number of methoxy groups -OCH3 is 1. The third kappa shape index (κ3) is 5.86. The Bertz CT molecular complexity index is 1060. The lowest BCUT2D eigenvalue weighted by atomic mass is 10.1. The molecule has 0 aliphatic carbocycles. The van der Waals surface area contributed by atoms with Gasteiger partial charge in [0.2, 0.25) is 0 Å². The second-order valence-electron chi connectivity index (χ2n) is 6.15. The molecule has 3 rings (SSSR count). The molecule has 0 saturated heterocycles. The van der Waals surface area contributed by atoms with Crippen molar-refractivity contribution >= 4 is 52.1 Å². The molecule has 0 aliphatic rings. The Kier molecular flexibility index (Phi) is 7.52. The lowest BCUT2D eigenvalue weighted by molar-refractivity contribution is 0.0975. The molecule has 5 nitrogen and oxygen atoms in total. The van der Waals surface area contributed by atoms with Gasteiger partial charge in [0.15, 0.2) is 5.11 Å². The average molecular weight is 461 g/mol. The number of benzene rings is 3. The third-order valence-corrected chi connectivity index (χ3v) is 4.89. The predicted octanol–water partition coefficient (Wildman–Crippen LogP) is 5.71. The summed E-state index contributed by atoms with van der Waals surface area (Å²) in [6, 6.07) is 19.3. The summed E-state index contributed by atoms with van der Waals surface area (Å²) < 4.78 is 10.9. The number of carbonyl (C=O) groups is 1. The number of thiocarbonyl (C=S) groups is 1. The Morgan fingerprint density at radius 3 is 2.43 bits per heavy atom. The van der Waals surface area contributed by atoms with Gasteiger partial charge in [-0.1, -0.05) is 41.4 Å². The maximum atomic E-state index is 12.7. The number of hydrogen-bond donors (Lipinski definition) is 2. The molecule has 154 valence electrons. The highest BCUT2D eigenvalue weighted by atomic mass is 35.5. The van der Waals surface area contributed by atoms with E-state index in [2.05, 4.69) is 10.6 Å². The van der Waals surface area contributed by atoms with Crippen molar-refractivity contribution in [2.24, 2.45) is 0 Å². The molecule has 0 radical (unpaired) electrons. The van der Waals surface area contributed by atoms with Gasteiger partial charge in [0.25, 0.3) is 5.91 Å². The first kappa shape index (κ1) is 21.9. The highest BCUT2D eigenvalue weighted by Gasteiger charge is 2.14. The molecule has 0 aliphatic heterocycles. The molecule has 0 spiro atoms. The van der Waals surface area contributed by atoms with Crippen molar-refractivity contribution < 1.29 is 14.3 Å². The molecule has 0 saturated carbocycles. The highest BCUT2D eigenvalue weighted by Crippen LogP contribution is 2.25. The first-order valence-electron chi connectivity index (χ1n) is 8.88. The minimum atomic E-state index is -0.361. The van der Waals surface area contributed by atoms with Gasteiger partial charge in [0, 0.05) is 16.1 Å². The van der Waals surface area contributed by atoms with Gasteiger partial charge < -0.3 is 14.8 Å². The third-order valence-electron chi connectivity index (χ3n) is 4.12. The lowest BCUT2D eigenvalue weighted by Gasteiger charge is -2.14. The fourth-order valence-corrected chi connectivity index (χ4v) is 3.16. The summed E-state index contributed by atoms with van der Waals surface area (Å²) in [7, 11) is 1.60. The van der Waals surface area contributed by atoms with Crippen molar-refractivity contribution in [1.82, 2.24) is 5.32 Å². The van der Waals surface area contributed by atoms with Crippen molar-refractivity contribution in [3.63, 3.8) is 0 Å². The number of amides is 1. The summed E-state index contributed by atoms with van der Waals surface area (Å²) in [5.74, 6) is 1.04. The zero-order valence-electron chi connectivity index (χ0n) is 15.9. The van der Waals surface area contributed by atoms with E-state index in [-0.39, 0.29) is 17.6 Å². The quantitative estimate of drug-likeness (QED) is 0.461. The predicted molar refractivity (Wildman–Crippen MR) is 124 cm³/mol. The van der Waals surface area contributed by atoms with Crippen molar-refractivity contribution in [3.8, 4) is 11.5 Å². The summed E-state index contributed by atoms with van der Waals surface area (Å²) in [6.07, 6.45) is 0. The van der Waals surface area contributed by atoms with Crippen molar-refractivity contribution in [2.45, 2.75) is 6.61 Å². The van der Waals surface area contributed by atoms with Crippen LogP contribution in [0.1, 0.15) is 15.9 Å². The molecule has 0 fully saturated rings. The largest absolute Gasteiger partial charge is 0.497 e. The average Bonchev–Trinajstić information content (AvgIpc) is 2.75. The van der Waals surface area contributed by atoms with Crippen LogP contribution in [0, 0.1) is 0 Å². The second kappa shape index (κ2) is 10.3. The van der Waals surface area contributed by atoms with Crippen LogP contribution in [0.3, 0.4) is 0 Å². The first-order valence-corrected chi connectivity index (χ1v) is 10.0. The topological polar surface area (TPSA) is 59.6 Å². The Morgan fingerprint density at radius 2 is 1.70 bits per heavy atom. The lowest BCUT2D eigenvalue weighted by Crippen LogP contribution is -2.34. The Hall–Kier alpha value is -2.80. The monoisotopic (exact) mass is 460 g/mol. The van der Waals surface area contributed by atoms with E-state index in [1.165, 1.54) is 0 Å². The van der Waals surface area contributed by atoms with Crippen LogP contribution < -0.4 is 20.1 Å². The van der Waals surface area contributed by atoms with E-state index >= 15 is 0 Å². The summed E-state index contributed by atoms with van der Waals surface area (Å²) in [6.45, 7) is 0.218. The van der Waals surface area contributed by atoms with Gasteiger partial charge in [-0.25, -0.2) is 0 Å². The fraction of sp³-hybridized carbons (Fsp3) is 0.0909. The zero-order valence-corrected chi connectivity index (χ0v) is 18.3. The van der Waals surface area contributed by atoms with E-state index in [0.29, 0.717) is 27.0 Å². The van der Waals surface area contributed by atoms with Crippen LogP contribution >= 0.6 is 35.4 Å². The maximum Gasteiger partial charge on any atom is 0.257 e. The van der Waals surface area contributed by atoms with E-state index in [9.17, 15) is 4.79 Å². The normalized spacial score (nSPS) is 10.2.